The van der Waals surface area contributed by atoms with Crippen molar-refractivity contribution in [1.29, 1.82) is 0 Å². The first kappa shape index (κ1) is 21.8. The van der Waals surface area contributed by atoms with Gasteiger partial charge in [-0.3, -0.25) is 5.32 Å². The van der Waals surface area contributed by atoms with E-state index in [1.54, 1.807) is 25.1 Å². The number of amides is 2. The molecule has 1 aromatic carbocycles. The van der Waals surface area contributed by atoms with E-state index in [4.69, 9.17) is 21.1 Å². The highest BCUT2D eigenvalue weighted by molar-refractivity contribution is 7.90. The number of sulfonamides is 1. The van der Waals surface area contributed by atoms with Gasteiger partial charge in [-0.05, 0) is 25.0 Å². The van der Waals surface area contributed by atoms with E-state index >= 15 is 0 Å². The number of halogens is 1. The van der Waals surface area contributed by atoms with Crippen LogP contribution in [0.25, 0.3) is 0 Å². The molecule has 0 bridgehead atoms. The molecule has 2 aromatic rings. The maximum atomic E-state index is 12.6. The molecule has 0 atom stereocenters. The molecular formula is C16H20ClN5O5S. The summed E-state index contributed by atoms with van der Waals surface area (Å²) in [6, 6.07) is 5.30. The fraction of sp³-hybridized carbons (Fsp3) is 0.375. The summed E-state index contributed by atoms with van der Waals surface area (Å²) in [5.41, 5.74) is 0.509. The Morgan fingerprint density at radius 2 is 1.93 bits per heavy atom. The topological polar surface area (TPSA) is 132 Å². The van der Waals surface area contributed by atoms with E-state index in [1.807, 2.05) is 4.72 Å². The van der Waals surface area contributed by atoms with Crippen molar-refractivity contribution in [3.63, 3.8) is 0 Å². The molecule has 0 fully saturated rings. The number of anilines is 1. The molecule has 0 unspecified atom stereocenters. The molecule has 12 heteroatoms. The molecule has 0 aliphatic heterocycles. The zero-order chi connectivity index (χ0) is 20.6. The first-order valence-electron chi connectivity index (χ1n) is 8.18. The van der Waals surface area contributed by atoms with Crippen LogP contribution in [0.1, 0.15) is 11.4 Å². The van der Waals surface area contributed by atoms with Crippen molar-refractivity contribution >= 4 is 33.6 Å². The quantitative estimate of drug-likeness (QED) is 0.452. The van der Waals surface area contributed by atoms with Gasteiger partial charge in [0.1, 0.15) is 5.82 Å². The number of nitrogens with one attached hydrogen (secondary N) is 2. The van der Waals surface area contributed by atoms with E-state index < -0.39 is 16.1 Å². The Balaban J connectivity index is 2.11. The second-order valence-electron chi connectivity index (χ2n) is 5.41. The van der Waals surface area contributed by atoms with Gasteiger partial charge in [-0.1, -0.05) is 18.2 Å². The number of carbonyl (C=O) groups is 1. The van der Waals surface area contributed by atoms with Gasteiger partial charge in [0.15, 0.2) is 0 Å². The maximum Gasteiger partial charge on any atom is 0.335 e. The van der Waals surface area contributed by atoms with Gasteiger partial charge >= 0.3 is 12.0 Å². The molecule has 2 rings (SSSR count). The number of ether oxygens (including phenoxy) is 2. The van der Waals surface area contributed by atoms with Crippen LogP contribution < -0.4 is 14.8 Å². The van der Waals surface area contributed by atoms with Gasteiger partial charge in [0.25, 0.3) is 10.0 Å². The summed E-state index contributed by atoms with van der Waals surface area (Å²) >= 11 is 5.54. The van der Waals surface area contributed by atoms with Gasteiger partial charge < -0.3 is 9.47 Å². The second kappa shape index (κ2) is 10.2. The van der Waals surface area contributed by atoms with Gasteiger partial charge in [0.05, 0.1) is 25.2 Å². The van der Waals surface area contributed by atoms with Gasteiger partial charge in [-0.15, -0.1) is 11.6 Å². The van der Waals surface area contributed by atoms with Crippen LogP contribution in [0.2, 0.25) is 0 Å². The molecule has 0 saturated heterocycles. The number of hydrogen-bond acceptors (Lipinski definition) is 8. The molecule has 28 heavy (non-hydrogen) atoms. The van der Waals surface area contributed by atoms with Crippen molar-refractivity contribution in [2.45, 2.75) is 18.2 Å². The third kappa shape index (κ3) is 6.29. The minimum Gasteiger partial charge on any atom is -0.467 e. The third-order valence-electron chi connectivity index (χ3n) is 3.36. The average Bonchev–Trinajstić information content (AvgIpc) is 2.64. The van der Waals surface area contributed by atoms with Crippen molar-refractivity contribution in [3.8, 4) is 6.01 Å². The number of benzene rings is 1. The lowest BCUT2D eigenvalue weighted by Gasteiger charge is -2.12. The summed E-state index contributed by atoms with van der Waals surface area (Å²) in [6.45, 7) is 2.24. The fourth-order valence-corrected chi connectivity index (χ4v) is 3.51. The fourth-order valence-electron chi connectivity index (χ4n) is 2.22. The standard InChI is InChI=1S/C16H20ClN5O5S/c1-11-18-14(21-16(19-11)26-2)20-15(23)22-28(24,25)13-6-4-3-5-12(13)7-9-27-10-8-17/h3-6H,7-10H2,1-2H3,(H2,18,19,20,21,22,23). The molecule has 10 nitrogen and oxygen atoms in total. The lowest BCUT2D eigenvalue weighted by Crippen LogP contribution is -2.35. The molecular weight excluding hydrogens is 410 g/mol. The molecule has 152 valence electrons. The van der Waals surface area contributed by atoms with E-state index in [1.165, 1.54) is 13.2 Å². The van der Waals surface area contributed by atoms with Gasteiger partial charge in [0.2, 0.25) is 5.95 Å². The highest BCUT2D eigenvalue weighted by Crippen LogP contribution is 2.16. The zero-order valence-corrected chi connectivity index (χ0v) is 16.9. The summed E-state index contributed by atoms with van der Waals surface area (Å²) in [5, 5.41) is 2.25. The normalized spacial score (nSPS) is 11.1. The van der Waals surface area contributed by atoms with Crippen molar-refractivity contribution in [3.05, 3.63) is 35.7 Å². The molecule has 1 heterocycles. The first-order valence-corrected chi connectivity index (χ1v) is 10.2. The molecule has 2 amide bonds. The highest BCUT2D eigenvalue weighted by atomic mass is 35.5. The Hall–Kier alpha value is -2.50. The maximum absolute atomic E-state index is 12.6. The highest BCUT2D eigenvalue weighted by Gasteiger charge is 2.21. The number of aromatic nitrogens is 3. The number of hydrogen-bond donors (Lipinski definition) is 2. The molecule has 0 radical (unpaired) electrons. The van der Waals surface area contributed by atoms with E-state index in [0.717, 1.165) is 0 Å². The summed E-state index contributed by atoms with van der Waals surface area (Å²) in [6.07, 6.45) is 0.347. The number of aryl methyl sites for hydroxylation is 1. The largest absolute Gasteiger partial charge is 0.467 e. The van der Waals surface area contributed by atoms with Crippen molar-refractivity contribution < 1.29 is 22.7 Å². The van der Waals surface area contributed by atoms with E-state index in [0.29, 0.717) is 36.9 Å². The van der Waals surface area contributed by atoms with Crippen molar-refractivity contribution in [2.24, 2.45) is 0 Å². The van der Waals surface area contributed by atoms with Crippen LogP contribution in [0.3, 0.4) is 0 Å². The van der Waals surface area contributed by atoms with Crippen molar-refractivity contribution in [2.75, 3.05) is 31.5 Å². The molecule has 0 spiro atoms. The SMILES string of the molecule is COc1nc(C)nc(NC(=O)NS(=O)(=O)c2ccccc2CCOCCCl)n1. The molecule has 2 N–H and O–H groups in total. The molecule has 1 aromatic heterocycles. The Morgan fingerprint density at radius 3 is 2.64 bits per heavy atom. The van der Waals surface area contributed by atoms with Crippen LogP contribution in [-0.2, 0) is 21.2 Å². The Labute approximate surface area is 167 Å². The molecule has 0 saturated carbocycles. The van der Waals surface area contributed by atoms with E-state index in [-0.39, 0.29) is 16.9 Å². The second-order valence-corrected chi connectivity index (χ2v) is 7.44. The predicted molar refractivity (Wildman–Crippen MR) is 102 cm³/mol. The number of alkyl halides is 1. The monoisotopic (exact) mass is 429 g/mol. The summed E-state index contributed by atoms with van der Waals surface area (Å²) in [5.74, 6) is 0.510. The first-order chi connectivity index (χ1) is 13.4. The minimum atomic E-state index is -4.12. The van der Waals surface area contributed by atoms with Crippen LogP contribution in [0.5, 0.6) is 6.01 Å². The smallest absolute Gasteiger partial charge is 0.335 e. The summed E-state index contributed by atoms with van der Waals surface area (Å²) < 4.78 is 37.4. The van der Waals surface area contributed by atoms with Crippen LogP contribution in [0.4, 0.5) is 10.7 Å². The van der Waals surface area contributed by atoms with Crippen molar-refractivity contribution in [1.82, 2.24) is 19.7 Å². The summed E-state index contributed by atoms with van der Waals surface area (Å²) in [7, 11) is -2.77. The van der Waals surface area contributed by atoms with Gasteiger partial charge in [0, 0.05) is 5.88 Å². The Kier molecular flexibility index (Phi) is 7.91. The average molecular weight is 430 g/mol. The van der Waals surface area contributed by atoms with E-state index in [9.17, 15) is 13.2 Å². The molecule has 0 aliphatic carbocycles. The van der Waals surface area contributed by atoms with Gasteiger partial charge in [-0.2, -0.15) is 15.0 Å². The lowest BCUT2D eigenvalue weighted by atomic mass is 10.2. The Bertz CT molecular complexity index is 925. The number of nitrogens with zero attached hydrogens (tertiary/aromatic N) is 3. The van der Waals surface area contributed by atoms with Crippen LogP contribution in [-0.4, -0.2) is 55.6 Å². The molecule has 0 aliphatic rings. The third-order valence-corrected chi connectivity index (χ3v) is 4.95. The van der Waals surface area contributed by atoms with Gasteiger partial charge in [-0.25, -0.2) is 17.9 Å². The Morgan fingerprint density at radius 1 is 1.18 bits per heavy atom. The number of rotatable bonds is 9. The predicted octanol–water partition coefficient (Wildman–Crippen LogP) is 1.50. The van der Waals surface area contributed by atoms with Crippen LogP contribution >= 0.6 is 11.6 Å². The van der Waals surface area contributed by atoms with E-state index in [2.05, 4.69) is 20.3 Å². The zero-order valence-electron chi connectivity index (χ0n) is 15.3. The number of methoxy groups -OCH3 is 1. The minimum absolute atomic E-state index is 0.00653. The number of urea groups is 1. The van der Waals surface area contributed by atoms with Crippen LogP contribution in [0.15, 0.2) is 29.2 Å². The number of carbonyl (C=O) groups excluding carboxylic acids is 1. The van der Waals surface area contributed by atoms with Crippen LogP contribution in [0, 0.1) is 6.92 Å². The lowest BCUT2D eigenvalue weighted by molar-refractivity contribution is 0.152. The summed E-state index contributed by atoms with van der Waals surface area (Å²) in [4.78, 5) is 23.7.